The van der Waals surface area contributed by atoms with Crippen LogP contribution in [0.25, 0.3) is 0 Å². The zero-order valence-electron chi connectivity index (χ0n) is 6.30. The van der Waals surface area contributed by atoms with E-state index in [2.05, 4.69) is 5.32 Å². The van der Waals surface area contributed by atoms with Crippen LogP contribution in [0.4, 0.5) is 8.78 Å². The van der Waals surface area contributed by atoms with Crippen LogP contribution in [0.15, 0.2) is 0 Å². The van der Waals surface area contributed by atoms with Gasteiger partial charge in [0.2, 0.25) is 0 Å². The van der Waals surface area contributed by atoms with Gasteiger partial charge in [-0.3, -0.25) is 0 Å². The maximum atomic E-state index is 11.6. The summed E-state index contributed by atoms with van der Waals surface area (Å²) in [4.78, 5) is 0. The molecule has 0 aliphatic carbocycles. The van der Waals surface area contributed by atoms with Crippen LogP contribution in [0, 0.1) is 0 Å². The van der Waals surface area contributed by atoms with E-state index in [1.54, 1.807) is 0 Å². The molecule has 0 saturated carbocycles. The van der Waals surface area contributed by atoms with Gasteiger partial charge in [0.1, 0.15) is 6.10 Å². The van der Waals surface area contributed by atoms with E-state index in [-0.39, 0.29) is 13.1 Å². The highest BCUT2D eigenvalue weighted by atomic mass is 19.3. The van der Waals surface area contributed by atoms with Crippen molar-refractivity contribution < 1.29 is 19.0 Å². The highest BCUT2D eigenvalue weighted by Gasteiger charge is 2.15. The average Bonchev–Trinajstić information content (AvgIpc) is 1.86. The topological polar surface area (TPSA) is 52.5 Å². The summed E-state index contributed by atoms with van der Waals surface area (Å²) in [5, 5.41) is 19.7. The van der Waals surface area contributed by atoms with E-state index in [9.17, 15) is 8.78 Å². The Kier molecular flexibility index (Phi) is 5.27. The minimum absolute atomic E-state index is 0.192. The molecule has 0 aliphatic heterocycles. The van der Waals surface area contributed by atoms with Crippen molar-refractivity contribution in [3.8, 4) is 0 Å². The Balaban J connectivity index is 3.24. The van der Waals surface area contributed by atoms with Gasteiger partial charge in [-0.05, 0) is 6.92 Å². The van der Waals surface area contributed by atoms with Gasteiger partial charge in [-0.15, -0.1) is 0 Å². The Morgan fingerprint density at radius 1 is 1.27 bits per heavy atom. The van der Waals surface area contributed by atoms with Crippen molar-refractivity contribution in [2.45, 2.75) is 25.6 Å². The molecule has 0 fully saturated rings. The fraction of sp³-hybridized carbons (Fsp3) is 1.00. The van der Waals surface area contributed by atoms with Crippen LogP contribution in [0.3, 0.4) is 0 Å². The molecule has 0 aliphatic rings. The van der Waals surface area contributed by atoms with Crippen molar-refractivity contribution in [1.29, 1.82) is 0 Å². The highest BCUT2D eigenvalue weighted by molar-refractivity contribution is 4.62. The molecule has 5 heteroatoms. The molecule has 0 aromatic rings. The zero-order chi connectivity index (χ0) is 8.85. The third-order valence-corrected chi connectivity index (χ3v) is 1.08. The first kappa shape index (κ1) is 10.7. The predicted octanol–water partition coefficient (Wildman–Crippen LogP) is -0.417. The molecule has 3 N–H and O–H groups in total. The van der Waals surface area contributed by atoms with Crippen LogP contribution >= 0.6 is 0 Å². The summed E-state index contributed by atoms with van der Waals surface area (Å²) in [6.07, 6.45) is -4.95. The Bertz CT molecular complexity index is 101. The monoisotopic (exact) mass is 169 g/mol. The molecular formula is C6H13F2NO2. The van der Waals surface area contributed by atoms with E-state index in [1.165, 1.54) is 6.92 Å². The maximum Gasteiger partial charge on any atom is 0.265 e. The van der Waals surface area contributed by atoms with E-state index in [4.69, 9.17) is 10.2 Å². The van der Waals surface area contributed by atoms with E-state index in [0.29, 0.717) is 0 Å². The van der Waals surface area contributed by atoms with Gasteiger partial charge in [0.25, 0.3) is 6.43 Å². The Morgan fingerprint density at radius 3 is 2.18 bits per heavy atom. The largest absolute Gasteiger partial charge is 0.392 e. The maximum absolute atomic E-state index is 11.6. The molecule has 0 aromatic carbocycles. The van der Waals surface area contributed by atoms with Crippen molar-refractivity contribution in [3.63, 3.8) is 0 Å². The third kappa shape index (κ3) is 6.15. The number of alkyl halides is 2. The second-order valence-corrected chi connectivity index (χ2v) is 2.41. The van der Waals surface area contributed by atoms with E-state index in [1.807, 2.05) is 0 Å². The summed E-state index contributed by atoms with van der Waals surface area (Å²) in [5.74, 6) is 0. The molecule has 0 spiro atoms. The number of aliphatic hydroxyl groups excluding tert-OH is 2. The molecule has 11 heavy (non-hydrogen) atoms. The first-order chi connectivity index (χ1) is 5.04. The SMILES string of the molecule is C[C@H](O)CNCC(O)C(F)F. The standard InChI is InChI=1S/C6H13F2NO2/c1-4(10)2-9-3-5(11)6(7)8/h4-6,9-11H,2-3H2,1H3/t4-,5?/m0/s1. The van der Waals surface area contributed by atoms with Gasteiger partial charge in [0.15, 0.2) is 0 Å². The lowest BCUT2D eigenvalue weighted by atomic mass is 10.3. The average molecular weight is 169 g/mol. The predicted molar refractivity (Wildman–Crippen MR) is 36.6 cm³/mol. The normalized spacial score (nSPS) is 16.9. The summed E-state index contributed by atoms with van der Waals surface area (Å²) in [5.41, 5.74) is 0. The van der Waals surface area contributed by atoms with Crippen LogP contribution in [0.1, 0.15) is 6.92 Å². The highest BCUT2D eigenvalue weighted by Crippen LogP contribution is 1.98. The van der Waals surface area contributed by atoms with Crippen molar-refractivity contribution in [2.24, 2.45) is 0 Å². The number of hydrogen-bond acceptors (Lipinski definition) is 3. The lowest BCUT2D eigenvalue weighted by Crippen LogP contribution is -2.35. The molecule has 1 unspecified atom stereocenters. The molecule has 3 nitrogen and oxygen atoms in total. The van der Waals surface area contributed by atoms with Gasteiger partial charge in [0.05, 0.1) is 6.10 Å². The fourth-order valence-corrected chi connectivity index (χ4v) is 0.529. The quantitative estimate of drug-likeness (QED) is 0.524. The van der Waals surface area contributed by atoms with Gasteiger partial charge >= 0.3 is 0 Å². The summed E-state index contributed by atoms with van der Waals surface area (Å²) >= 11 is 0. The van der Waals surface area contributed by atoms with E-state index in [0.717, 1.165) is 0 Å². The third-order valence-electron chi connectivity index (χ3n) is 1.08. The second-order valence-electron chi connectivity index (χ2n) is 2.41. The van der Waals surface area contributed by atoms with Crippen molar-refractivity contribution >= 4 is 0 Å². The number of nitrogens with one attached hydrogen (secondary N) is 1. The van der Waals surface area contributed by atoms with Gasteiger partial charge in [-0.25, -0.2) is 8.78 Å². The molecule has 0 rings (SSSR count). The molecule has 0 saturated heterocycles. The van der Waals surface area contributed by atoms with Crippen molar-refractivity contribution in [2.75, 3.05) is 13.1 Å². The number of aliphatic hydroxyl groups is 2. The Labute approximate surface area is 64.0 Å². The van der Waals surface area contributed by atoms with Crippen LogP contribution < -0.4 is 5.32 Å². The molecule has 0 aromatic heterocycles. The Hall–Kier alpha value is -0.260. The van der Waals surface area contributed by atoms with Crippen LogP contribution in [0.2, 0.25) is 0 Å². The Morgan fingerprint density at radius 2 is 1.82 bits per heavy atom. The molecule has 2 atom stereocenters. The van der Waals surface area contributed by atoms with Crippen LogP contribution in [0.5, 0.6) is 0 Å². The van der Waals surface area contributed by atoms with Gasteiger partial charge < -0.3 is 15.5 Å². The molecular weight excluding hydrogens is 156 g/mol. The molecule has 68 valence electrons. The van der Waals surface area contributed by atoms with Gasteiger partial charge in [-0.1, -0.05) is 0 Å². The first-order valence-corrected chi connectivity index (χ1v) is 3.39. The van der Waals surface area contributed by atoms with E-state index < -0.39 is 18.6 Å². The zero-order valence-corrected chi connectivity index (χ0v) is 6.30. The van der Waals surface area contributed by atoms with Crippen molar-refractivity contribution in [1.82, 2.24) is 5.32 Å². The number of halogens is 2. The van der Waals surface area contributed by atoms with Crippen LogP contribution in [-0.4, -0.2) is 41.9 Å². The second kappa shape index (κ2) is 5.40. The smallest absolute Gasteiger partial charge is 0.265 e. The van der Waals surface area contributed by atoms with Crippen LogP contribution in [-0.2, 0) is 0 Å². The molecule has 0 heterocycles. The summed E-state index contributed by atoms with van der Waals surface area (Å²) in [6.45, 7) is 1.55. The fourth-order valence-electron chi connectivity index (χ4n) is 0.529. The molecule has 0 amide bonds. The summed E-state index contributed by atoms with van der Waals surface area (Å²) < 4.78 is 23.2. The van der Waals surface area contributed by atoms with E-state index >= 15 is 0 Å². The van der Waals surface area contributed by atoms with Crippen molar-refractivity contribution in [3.05, 3.63) is 0 Å². The molecule has 0 bridgehead atoms. The lowest BCUT2D eigenvalue weighted by molar-refractivity contribution is -0.00437. The van der Waals surface area contributed by atoms with Gasteiger partial charge in [0, 0.05) is 13.1 Å². The minimum atomic E-state index is -2.73. The summed E-state index contributed by atoms with van der Waals surface area (Å²) in [6, 6.07) is 0. The van der Waals surface area contributed by atoms with Gasteiger partial charge in [-0.2, -0.15) is 0 Å². The lowest BCUT2D eigenvalue weighted by Gasteiger charge is -2.11. The summed E-state index contributed by atoms with van der Waals surface area (Å²) in [7, 11) is 0. The first-order valence-electron chi connectivity index (χ1n) is 3.39. The number of hydrogen-bond donors (Lipinski definition) is 3. The molecule has 0 radical (unpaired) electrons. The minimum Gasteiger partial charge on any atom is -0.392 e. The number of rotatable bonds is 5.